The highest BCUT2D eigenvalue weighted by atomic mass is 14.2. The molecule has 0 aliphatic heterocycles. The van der Waals surface area contributed by atoms with Crippen LogP contribution < -0.4 is 0 Å². The van der Waals surface area contributed by atoms with Crippen molar-refractivity contribution >= 4 is 0 Å². The molecule has 2 atom stereocenters. The Balaban J connectivity index is 1.84. The molecule has 0 nitrogen and oxygen atoms in total. The van der Waals surface area contributed by atoms with Gasteiger partial charge in [-0.3, -0.25) is 0 Å². The van der Waals surface area contributed by atoms with Crippen molar-refractivity contribution in [2.45, 2.75) is 71.6 Å². The van der Waals surface area contributed by atoms with Gasteiger partial charge in [0.1, 0.15) is 0 Å². The average molecular weight is 284 g/mol. The molecule has 2 unspecified atom stereocenters. The van der Waals surface area contributed by atoms with Gasteiger partial charge in [-0.1, -0.05) is 68.7 Å². The molecule has 0 heteroatoms. The summed E-state index contributed by atoms with van der Waals surface area (Å²) in [6.45, 7) is 4.71. The van der Waals surface area contributed by atoms with E-state index in [1.165, 1.54) is 63.4 Å². The highest BCUT2D eigenvalue weighted by molar-refractivity contribution is 5.15. The standard InChI is InChI=1S/C21H32/c1-3-4-12-20(21-16-14-18(2)15-17-21)13-8-11-19-9-6-5-7-10-19/h5-7,9-10,16,18,20H,3-4,8,11-15,17H2,1-2H3. The number of unbranched alkanes of at least 4 members (excludes halogenated alkanes) is 1. The van der Waals surface area contributed by atoms with Crippen LogP contribution in [0.25, 0.3) is 0 Å². The maximum atomic E-state index is 2.58. The van der Waals surface area contributed by atoms with Gasteiger partial charge in [-0.2, -0.15) is 0 Å². The van der Waals surface area contributed by atoms with Crippen molar-refractivity contribution in [1.82, 2.24) is 0 Å². The zero-order chi connectivity index (χ0) is 14.9. The van der Waals surface area contributed by atoms with E-state index in [2.05, 4.69) is 50.3 Å². The fourth-order valence-corrected chi connectivity index (χ4v) is 3.52. The summed E-state index contributed by atoms with van der Waals surface area (Å²) in [5.74, 6) is 1.77. The zero-order valence-corrected chi connectivity index (χ0v) is 14.0. The minimum absolute atomic E-state index is 0.862. The van der Waals surface area contributed by atoms with Crippen molar-refractivity contribution in [2.24, 2.45) is 11.8 Å². The van der Waals surface area contributed by atoms with Gasteiger partial charge < -0.3 is 0 Å². The van der Waals surface area contributed by atoms with E-state index in [1.807, 2.05) is 0 Å². The molecule has 0 heterocycles. The summed E-state index contributed by atoms with van der Waals surface area (Å²) in [4.78, 5) is 0. The molecule has 0 spiro atoms. The van der Waals surface area contributed by atoms with Gasteiger partial charge in [0.15, 0.2) is 0 Å². The van der Waals surface area contributed by atoms with Gasteiger partial charge in [0.25, 0.3) is 0 Å². The van der Waals surface area contributed by atoms with E-state index in [9.17, 15) is 0 Å². The number of aryl methyl sites for hydroxylation is 1. The van der Waals surface area contributed by atoms with Gasteiger partial charge in [0.05, 0.1) is 0 Å². The van der Waals surface area contributed by atoms with Crippen molar-refractivity contribution in [3.63, 3.8) is 0 Å². The fraction of sp³-hybridized carbons (Fsp3) is 0.619. The van der Waals surface area contributed by atoms with Crippen molar-refractivity contribution in [2.75, 3.05) is 0 Å². The van der Waals surface area contributed by atoms with Crippen LogP contribution >= 0.6 is 0 Å². The molecule has 1 aromatic rings. The normalized spacial score (nSPS) is 20.1. The second-order valence-corrected chi connectivity index (χ2v) is 6.88. The Kier molecular flexibility index (Phi) is 7.06. The summed E-state index contributed by atoms with van der Waals surface area (Å²) in [7, 11) is 0. The van der Waals surface area contributed by atoms with Crippen LogP contribution in [-0.4, -0.2) is 0 Å². The molecule has 0 N–H and O–H groups in total. The Hall–Kier alpha value is -1.04. The Labute approximate surface area is 131 Å². The first kappa shape index (κ1) is 16.3. The first-order valence-corrected chi connectivity index (χ1v) is 9.02. The van der Waals surface area contributed by atoms with E-state index in [0.717, 1.165) is 11.8 Å². The van der Waals surface area contributed by atoms with Crippen LogP contribution in [0.4, 0.5) is 0 Å². The molecular formula is C21H32. The predicted octanol–water partition coefficient (Wildman–Crippen LogP) is 6.56. The van der Waals surface area contributed by atoms with Gasteiger partial charge in [-0.05, 0) is 62.3 Å². The van der Waals surface area contributed by atoms with Crippen LogP contribution in [0.2, 0.25) is 0 Å². The predicted molar refractivity (Wildman–Crippen MR) is 93.5 cm³/mol. The van der Waals surface area contributed by atoms with E-state index in [4.69, 9.17) is 0 Å². The number of rotatable bonds is 8. The molecule has 0 amide bonds. The van der Waals surface area contributed by atoms with Crippen LogP contribution in [0.15, 0.2) is 42.0 Å². The molecule has 0 fully saturated rings. The number of hydrogen-bond acceptors (Lipinski definition) is 0. The first-order valence-electron chi connectivity index (χ1n) is 9.02. The summed E-state index contributed by atoms with van der Waals surface area (Å²) < 4.78 is 0. The van der Waals surface area contributed by atoms with Gasteiger partial charge in [-0.15, -0.1) is 0 Å². The molecule has 0 saturated carbocycles. The van der Waals surface area contributed by atoms with Gasteiger partial charge >= 0.3 is 0 Å². The lowest BCUT2D eigenvalue weighted by Gasteiger charge is -2.26. The Morgan fingerprint density at radius 2 is 1.86 bits per heavy atom. The quantitative estimate of drug-likeness (QED) is 0.474. The second kappa shape index (κ2) is 9.07. The Morgan fingerprint density at radius 1 is 1.10 bits per heavy atom. The third kappa shape index (κ3) is 5.69. The molecule has 1 aliphatic carbocycles. The second-order valence-electron chi connectivity index (χ2n) is 6.88. The summed E-state index contributed by atoms with van der Waals surface area (Å²) >= 11 is 0. The van der Waals surface area contributed by atoms with Crippen LogP contribution in [0, 0.1) is 11.8 Å². The van der Waals surface area contributed by atoms with Crippen LogP contribution in [0.1, 0.15) is 70.8 Å². The first-order chi connectivity index (χ1) is 10.3. The summed E-state index contributed by atoms with van der Waals surface area (Å²) in [6.07, 6.45) is 14.8. The van der Waals surface area contributed by atoms with Gasteiger partial charge in [0, 0.05) is 0 Å². The fourth-order valence-electron chi connectivity index (χ4n) is 3.52. The molecule has 21 heavy (non-hydrogen) atoms. The van der Waals surface area contributed by atoms with Crippen molar-refractivity contribution in [3.8, 4) is 0 Å². The highest BCUT2D eigenvalue weighted by Gasteiger charge is 2.18. The lowest BCUT2D eigenvalue weighted by atomic mass is 9.80. The molecule has 2 rings (SSSR count). The Bertz CT molecular complexity index is 415. The lowest BCUT2D eigenvalue weighted by molar-refractivity contribution is 0.424. The smallest absolute Gasteiger partial charge is 0.0203 e. The van der Waals surface area contributed by atoms with E-state index in [1.54, 1.807) is 5.57 Å². The van der Waals surface area contributed by atoms with E-state index in [0.29, 0.717) is 0 Å². The third-order valence-electron chi connectivity index (χ3n) is 5.00. The maximum absolute atomic E-state index is 2.58. The third-order valence-corrected chi connectivity index (χ3v) is 5.00. The van der Waals surface area contributed by atoms with Crippen LogP contribution in [0.3, 0.4) is 0 Å². The van der Waals surface area contributed by atoms with Crippen molar-refractivity contribution in [3.05, 3.63) is 47.5 Å². The topological polar surface area (TPSA) is 0 Å². The Morgan fingerprint density at radius 3 is 2.52 bits per heavy atom. The van der Waals surface area contributed by atoms with Crippen LogP contribution in [-0.2, 0) is 6.42 Å². The minimum Gasteiger partial charge on any atom is -0.0848 e. The summed E-state index contributed by atoms with van der Waals surface area (Å²) in [5, 5.41) is 0. The molecule has 0 radical (unpaired) electrons. The SMILES string of the molecule is CCCCC(CCCc1ccccc1)C1=CCC(C)CC1. The van der Waals surface area contributed by atoms with E-state index >= 15 is 0 Å². The van der Waals surface area contributed by atoms with Crippen LogP contribution in [0.5, 0.6) is 0 Å². The zero-order valence-electron chi connectivity index (χ0n) is 14.0. The number of allylic oxidation sites excluding steroid dienone is 2. The minimum atomic E-state index is 0.862. The summed E-state index contributed by atoms with van der Waals surface area (Å²) in [5.41, 5.74) is 3.28. The lowest BCUT2D eigenvalue weighted by Crippen LogP contribution is -2.11. The van der Waals surface area contributed by atoms with Gasteiger partial charge in [-0.25, -0.2) is 0 Å². The molecule has 116 valence electrons. The largest absolute Gasteiger partial charge is 0.0848 e. The van der Waals surface area contributed by atoms with E-state index < -0.39 is 0 Å². The molecule has 1 aliphatic rings. The van der Waals surface area contributed by atoms with Crippen molar-refractivity contribution in [1.29, 1.82) is 0 Å². The van der Waals surface area contributed by atoms with Gasteiger partial charge in [0.2, 0.25) is 0 Å². The van der Waals surface area contributed by atoms with E-state index in [-0.39, 0.29) is 0 Å². The maximum Gasteiger partial charge on any atom is -0.0203 e. The molecular weight excluding hydrogens is 252 g/mol. The number of benzene rings is 1. The molecule has 0 aromatic heterocycles. The summed E-state index contributed by atoms with van der Waals surface area (Å²) in [6, 6.07) is 11.0. The molecule has 1 aromatic carbocycles. The highest BCUT2D eigenvalue weighted by Crippen LogP contribution is 2.33. The molecule has 0 saturated heterocycles. The monoisotopic (exact) mass is 284 g/mol. The van der Waals surface area contributed by atoms with Crippen molar-refractivity contribution < 1.29 is 0 Å². The molecule has 0 bridgehead atoms. The number of hydrogen-bond donors (Lipinski definition) is 0. The average Bonchev–Trinajstić information content (AvgIpc) is 2.53.